The topological polar surface area (TPSA) is 162 Å². The van der Waals surface area contributed by atoms with Crippen molar-refractivity contribution in [2.24, 2.45) is 22.3 Å². The van der Waals surface area contributed by atoms with Crippen LogP contribution in [0.2, 0.25) is 0 Å². The number of rotatable bonds is 15. The van der Waals surface area contributed by atoms with Gasteiger partial charge in [-0.1, -0.05) is 118 Å². The lowest BCUT2D eigenvalue weighted by atomic mass is 9.83. The maximum Gasteiger partial charge on any atom is 0.337 e. The molecular weight excluding hydrogens is 945 g/mol. The van der Waals surface area contributed by atoms with Gasteiger partial charge in [0.05, 0.1) is 36.4 Å². The number of carbonyl (C=O) groups excluding carboxylic acids is 5. The van der Waals surface area contributed by atoms with Crippen LogP contribution in [-0.4, -0.2) is 85.2 Å². The van der Waals surface area contributed by atoms with Crippen LogP contribution >= 0.6 is 12.2 Å². The number of nitrogens with two attached hydrogens (primary N) is 2. The third-order valence-corrected chi connectivity index (χ3v) is 14.4. The van der Waals surface area contributed by atoms with Gasteiger partial charge in [-0.15, -0.1) is 0 Å². The van der Waals surface area contributed by atoms with E-state index < -0.39 is 57.7 Å². The number of ketones is 2. The average Bonchev–Trinajstić information content (AvgIpc) is 3.53. The van der Waals surface area contributed by atoms with Crippen molar-refractivity contribution < 1.29 is 24.0 Å². The SMILES string of the molecule is Cc1ccc2c(c1)N(CC(=O)C(C)(C)C[N+]1(CC(=O)C(C)(C)C)C(=O)C(N)CN(c3ccccc3)c3ccc(C)cc31)C(=O)C(NC(=O)[C@H](Cc1ccccc1)N(C(N)=S)c1ccccc1)CN2c1ccccc1. The fourth-order valence-corrected chi connectivity index (χ4v) is 10.4. The highest BCUT2D eigenvalue weighted by molar-refractivity contribution is 7.80. The fraction of sp³-hybridized carbons (Fsp3) is 0.300. The summed E-state index contributed by atoms with van der Waals surface area (Å²) >= 11 is 5.64. The van der Waals surface area contributed by atoms with E-state index >= 15 is 19.2 Å². The van der Waals surface area contributed by atoms with Crippen LogP contribution in [-0.2, 0) is 30.4 Å². The van der Waals surface area contributed by atoms with Gasteiger partial charge >= 0.3 is 5.91 Å². The molecule has 382 valence electrons. The summed E-state index contributed by atoms with van der Waals surface area (Å²) in [6.45, 7) is 12.2. The summed E-state index contributed by atoms with van der Waals surface area (Å²) in [7, 11) is 0. The van der Waals surface area contributed by atoms with Crippen LogP contribution < -0.4 is 40.9 Å². The number of benzene rings is 6. The van der Waals surface area contributed by atoms with Gasteiger partial charge in [-0.25, -0.2) is 9.28 Å². The van der Waals surface area contributed by atoms with Gasteiger partial charge < -0.3 is 36.4 Å². The Labute approximate surface area is 440 Å². The molecule has 6 aromatic rings. The molecule has 0 saturated heterocycles. The summed E-state index contributed by atoms with van der Waals surface area (Å²) in [5.41, 5.74) is 18.3. The Morgan fingerprint density at radius 2 is 1.23 bits per heavy atom. The molecule has 0 fully saturated rings. The molecule has 14 heteroatoms. The second kappa shape index (κ2) is 21.5. The lowest BCUT2D eigenvalue weighted by Gasteiger charge is -2.42. The Kier molecular flexibility index (Phi) is 15.4. The Morgan fingerprint density at radius 1 is 0.703 bits per heavy atom. The number of aryl methyl sites for hydroxylation is 2. The number of Topliss-reactive ketones (excluding diaryl/α,β-unsaturated/α-hetero) is 2. The minimum Gasteiger partial charge on any atom is -0.376 e. The molecule has 0 spiro atoms. The van der Waals surface area contributed by atoms with Crippen LogP contribution in [0.5, 0.6) is 0 Å². The second-order valence-corrected chi connectivity index (χ2v) is 21.7. The Balaban J connectivity index is 1.22. The van der Waals surface area contributed by atoms with E-state index in [4.69, 9.17) is 23.7 Å². The van der Waals surface area contributed by atoms with E-state index in [0.717, 1.165) is 28.1 Å². The maximum atomic E-state index is 15.7. The molecule has 0 radical (unpaired) electrons. The molecule has 0 aromatic heterocycles. The monoisotopic (exact) mass is 1010 g/mol. The summed E-state index contributed by atoms with van der Waals surface area (Å²) in [6, 6.07) is 46.3. The number of nitrogens with zero attached hydrogens (tertiary/aromatic N) is 5. The number of carbonyl (C=O) groups is 5. The zero-order chi connectivity index (χ0) is 53.1. The normalized spacial score (nSPS) is 18.4. The van der Waals surface area contributed by atoms with Crippen LogP contribution in [0.1, 0.15) is 51.3 Å². The number of hydrogen-bond acceptors (Lipinski definition) is 9. The second-order valence-electron chi connectivity index (χ2n) is 21.3. The van der Waals surface area contributed by atoms with Crippen LogP contribution in [0.4, 0.5) is 39.8 Å². The van der Waals surface area contributed by atoms with Crippen LogP contribution in [0.25, 0.3) is 0 Å². The highest BCUT2D eigenvalue weighted by Gasteiger charge is 2.54. The number of fused-ring (bicyclic) bond motifs is 2. The van der Waals surface area contributed by atoms with E-state index in [0.29, 0.717) is 28.4 Å². The molecule has 0 aliphatic carbocycles. The molecule has 2 aliphatic heterocycles. The van der Waals surface area contributed by atoms with E-state index in [1.807, 2.05) is 202 Å². The van der Waals surface area contributed by atoms with Crippen LogP contribution in [0, 0.1) is 24.7 Å². The molecule has 0 saturated carbocycles. The van der Waals surface area contributed by atoms with Gasteiger partial charge in [-0.3, -0.25) is 19.2 Å². The molecule has 3 amide bonds. The number of nitrogens with one attached hydrogen (secondary N) is 1. The van der Waals surface area contributed by atoms with Gasteiger partial charge in [0.2, 0.25) is 5.91 Å². The molecule has 74 heavy (non-hydrogen) atoms. The molecule has 8 rings (SSSR count). The Bertz CT molecular complexity index is 3060. The summed E-state index contributed by atoms with van der Waals surface area (Å²) in [5.74, 6) is -1.97. The first-order valence-electron chi connectivity index (χ1n) is 25.1. The van der Waals surface area contributed by atoms with Crippen molar-refractivity contribution >= 4 is 86.4 Å². The summed E-state index contributed by atoms with van der Waals surface area (Å²) in [5, 5.41) is 3.11. The molecule has 2 aliphatic rings. The molecule has 3 unspecified atom stereocenters. The molecule has 0 bridgehead atoms. The maximum absolute atomic E-state index is 15.7. The van der Waals surface area contributed by atoms with Crippen molar-refractivity contribution in [1.82, 2.24) is 9.80 Å². The molecule has 6 aromatic carbocycles. The number of amides is 3. The summed E-state index contributed by atoms with van der Waals surface area (Å²) in [4.78, 5) is 83.6. The predicted octanol–water partition coefficient (Wildman–Crippen LogP) is 8.86. The molecule has 2 heterocycles. The van der Waals surface area contributed by atoms with Crippen LogP contribution in [0.3, 0.4) is 0 Å². The first kappa shape index (κ1) is 52.8. The number of hydrogen-bond donors (Lipinski definition) is 3. The van der Waals surface area contributed by atoms with Crippen molar-refractivity contribution in [2.45, 2.75) is 73.0 Å². The summed E-state index contributed by atoms with van der Waals surface area (Å²) < 4.78 is -0.524. The minimum atomic E-state index is -1.38. The van der Waals surface area contributed by atoms with Gasteiger partial charge in [0.25, 0.3) is 5.91 Å². The minimum absolute atomic E-state index is 0.00451. The van der Waals surface area contributed by atoms with Gasteiger partial charge in [0.15, 0.2) is 28.9 Å². The fourth-order valence-electron chi connectivity index (χ4n) is 10.2. The van der Waals surface area contributed by atoms with E-state index in [1.165, 1.54) is 4.90 Å². The van der Waals surface area contributed by atoms with E-state index in [-0.39, 0.29) is 49.3 Å². The number of thiocarbonyl (C=S) groups is 1. The number of anilines is 6. The standard InChI is InChI=1S/C60H66N8O5S/c1-40-28-30-48-50(32-40)66(56(72)47(36-65(48)44-24-16-10-17-25-44)63-55(71)51(34-42-20-12-8-13-21-42)67(58(62)74)45-26-18-11-19-27-45)37-53(69)60(6,7)39-68(38-54(70)59(3,4)5)52-33-41(2)29-31-49(52)64(35-46(61)57(68)73)43-22-14-9-15-23-43/h8-33,46-47,51H,34-39,61H2,1-7H3,(H2-,62,63,71,74)/p+1/t46?,47?,51-,68?/m0/s1. The lowest BCUT2D eigenvalue weighted by molar-refractivity contribution is -0.141. The molecular formula is C60H67N8O5S+. The highest BCUT2D eigenvalue weighted by atomic mass is 32.1. The van der Waals surface area contributed by atoms with Gasteiger partial charge in [-0.2, -0.15) is 0 Å². The van der Waals surface area contributed by atoms with Gasteiger partial charge in [0, 0.05) is 35.0 Å². The summed E-state index contributed by atoms with van der Waals surface area (Å²) in [6.07, 6.45) is 0.198. The first-order valence-corrected chi connectivity index (χ1v) is 25.5. The predicted molar refractivity (Wildman–Crippen MR) is 301 cm³/mol. The lowest BCUT2D eigenvalue weighted by Crippen LogP contribution is -2.67. The number of para-hydroxylation sites is 3. The zero-order valence-corrected chi connectivity index (χ0v) is 44.1. The molecule has 13 nitrogen and oxygen atoms in total. The van der Waals surface area contributed by atoms with Crippen molar-refractivity contribution in [1.29, 1.82) is 0 Å². The Hall–Kier alpha value is -7.52. The molecule has 4 atom stereocenters. The van der Waals surface area contributed by atoms with Crippen molar-refractivity contribution in [3.8, 4) is 0 Å². The third-order valence-electron chi connectivity index (χ3n) is 14.2. The average molecular weight is 1010 g/mol. The quantitative estimate of drug-likeness (QED) is 0.0666. The number of quaternary nitrogens is 1. The van der Waals surface area contributed by atoms with Gasteiger partial charge in [-0.05, 0) is 111 Å². The van der Waals surface area contributed by atoms with E-state index in [9.17, 15) is 4.79 Å². The zero-order valence-electron chi connectivity index (χ0n) is 43.3. The van der Waals surface area contributed by atoms with Crippen molar-refractivity contribution in [2.75, 3.05) is 52.3 Å². The molecule has 5 N–H and O–H groups in total. The van der Waals surface area contributed by atoms with Crippen molar-refractivity contribution in [3.63, 3.8) is 0 Å². The smallest absolute Gasteiger partial charge is 0.337 e. The van der Waals surface area contributed by atoms with Gasteiger partial charge in [0.1, 0.15) is 30.4 Å². The van der Waals surface area contributed by atoms with Crippen LogP contribution in [0.15, 0.2) is 158 Å². The van der Waals surface area contributed by atoms with E-state index in [1.54, 1.807) is 18.7 Å². The Morgan fingerprint density at radius 3 is 1.80 bits per heavy atom. The van der Waals surface area contributed by atoms with E-state index in [2.05, 4.69) is 5.32 Å². The van der Waals surface area contributed by atoms with Crippen molar-refractivity contribution in [3.05, 3.63) is 174 Å². The first-order chi connectivity index (χ1) is 35.2. The largest absolute Gasteiger partial charge is 0.376 e. The third kappa shape index (κ3) is 11.0. The highest BCUT2D eigenvalue weighted by Crippen LogP contribution is 2.45.